The molecule has 0 saturated heterocycles. The van der Waals surface area contributed by atoms with E-state index >= 15 is 0 Å². The molecule has 1 N–H and O–H groups in total. The van der Waals surface area contributed by atoms with Gasteiger partial charge in [-0.25, -0.2) is 8.42 Å². The van der Waals surface area contributed by atoms with Crippen LogP contribution in [0.4, 0.5) is 0 Å². The Morgan fingerprint density at radius 3 is 2.62 bits per heavy atom. The summed E-state index contributed by atoms with van der Waals surface area (Å²) in [6.07, 6.45) is 0.628. The SMILES string of the molecule is CNCCCS(=O)(=O)Cc1ccccc1Cl. The molecular weight excluding hydrogens is 246 g/mol. The largest absolute Gasteiger partial charge is 0.320 e. The minimum atomic E-state index is -3.05. The maximum absolute atomic E-state index is 11.7. The third kappa shape index (κ3) is 4.51. The minimum Gasteiger partial charge on any atom is -0.320 e. The van der Waals surface area contributed by atoms with Gasteiger partial charge in [0.25, 0.3) is 0 Å². The Hall–Kier alpha value is -0.580. The van der Waals surface area contributed by atoms with Crippen molar-refractivity contribution < 1.29 is 8.42 Å². The monoisotopic (exact) mass is 261 g/mol. The van der Waals surface area contributed by atoms with Gasteiger partial charge in [-0.05, 0) is 31.6 Å². The maximum Gasteiger partial charge on any atom is 0.154 e. The Morgan fingerprint density at radius 2 is 2.00 bits per heavy atom. The lowest BCUT2D eigenvalue weighted by molar-refractivity contribution is 0.591. The fraction of sp³-hybridized carbons (Fsp3) is 0.455. The van der Waals surface area contributed by atoms with Crippen LogP contribution in [-0.4, -0.2) is 27.8 Å². The van der Waals surface area contributed by atoms with E-state index in [0.717, 1.165) is 0 Å². The molecule has 3 nitrogen and oxygen atoms in total. The zero-order chi connectivity index (χ0) is 12.0. The molecule has 0 aromatic heterocycles. The second-order valence-corrected chi connectivity index (χ2v) is 6.23. The second kappa shape index (κ2) is 6.23. The molecule has 0 amide bonds. The standard InChI is InChI=1S/C11H16ClNO2S/c1-13-7-4-8-16(14,15)9-10-5-2-3-6-11(10)12/h2-3,5-6,13H,4,7-9H2,1H3. The van der Waals surface area contributed by atoms with E-state index in [4.69, 9.17) is 11.6 Å². The summed E-state index contributed by atoms with van der Waals surface area (Å²) in [6, 6.07) is 7.04. The van der Waals surface area contributed by atoms with Crippen molar-refractivity contribution in [1.29, 1.82) is 0 Å². The zero-order valence-corrected chi connectivity index (χ0v) is 10.8. The third-order valence-corrected chi connectivity index (χ3v) is 4.25. The average molecular weight is 262 g/mol. The first-order chi connectivity index (χ1) is 7.55. The van der Waals surface area contributed by atoms with Crippen LogP contribution in [0.1, 0.15) is 12.0 Å². The highest BCUT2D eigenvalue weighted by molar-refractivity contribution is 7.90. The van der Waals surface area contributed by atoms with Crippen molar-refractivity contribution in [3.63, 3.8) is 0 Å². The molecule has 0 radical (unpaired) electrons. The van der Waals surface area contributed by atoms with E-state index in [1.165, 1.54) is 0 Å². The van der Waals surface area contributed by atoms with E-state index in [1.807, 2.05) is 0 Å². The highest BCUT2D eigenvalue weighted by atomic mass is 35.5. The Bertz CT molecular complexity index is 431. The van der Waals surface area contributed by atoms with Gasteiger partial charge in [0.2, 0.25) is 0 Å². The first kappa shape index (κ1) is 13.5. The molecule has 0 heterocycles. The molecule has 5 heteroatoms. The minimum absolute atomic E-state index is 0.0242. The number of halogens is 1. The quantitative estimate of drug-likeness (QED) is 0.796. The van der Waals surface area contributed by atoms with Crippen LogP contribution in [0.3, 0.4) is 0 Å². The van der Waals surface area contributed by atoms with Crippen molar-refractivity contribution in [2.75, 3.05) is 19.3 Å². The smallest absolute Gasteiger partial charge is 0.154 e. The molecule has 0 aliphatic carbocycles. The van der Waals surface area contributed by atoms with Crippen LogP contribution in [0.2, 0.25) is 5.02 Å². The first-order valence-corrected chi connectivity index (χ1v) is 7.33. The van der Waals surface area contributed by atoms with E-state index in [-0.39, 0.29) is 11.5 Å². The van der Waals surface area contributed by atoms with Crippen molar-refractivity contribution in [2.24, 2.45) is 0 Å². The van der Waals surface area contributed by atoms with Gasteiger partial charge in [-0.2, -0.15) is 0 Å². The molecule has 0 atom stereocenters. The van der Waals surface area contributed by atoms with Gasteiger partial charge in [-0.1, -0.05) is 29.8 Å². The summed E-state index contributed by atoms with van der Waals surface area (Å²) in [5, 5.41) is 3.44. The van der Waals surface area contributed by atoms with Crippen LogP contribution in [-0.2, 0) is 15.6 Å². The van der Waals surface area contributed by atoms with Crippen LogP contribution in [0.15, 0.2) is 24.3 Å². The highest BCUT2D eigenvalue weighted by Crippen LogP contribution is 2.18. The summed E-state index contributed by atoms with van der Waals surface area (Å²) in [7, 11) is -1.25. The molecule has 90 valence electrons. The summed E-state index contributed by atoms with van der Waals surface area (Å²) in [5.41, 5.74) is 0.675. The zero-order valence-electron chi connectivity index (χ0n) is 9.24. The van der Waals surface area contributed by atoms with Crippen molar-refractivity contribution in [3.05, 3.63) is 34.9 Å². The van der Waals surface area contributed by atoms with Crippen molar-refractivity contribution >= 4 is 21.4 Å². The van der Waals surface area contributed by atoms with E-state index in [1.54, 1.807) is 31.3 Å². The van der Waals surface area contributed by atoms with Gasteiger partial charge in [0.1, 0.15) is 0 Å². The number of rotatable bonds is 6. The van der Waals surface area contributed by atoms with Gasteiger partial charge in [0, 0.05) is 5.02 Å². The fourth-order valence-electron chi connectivity index (χ4n) is 1.39. The molecule has 0 fully saturated rings. The Morgan fingerprint density at radius 1 is 1.31 bits per heavy atom. The lowest BCUT2D eigenvalue weighted by Crippen LogP contribution is -2.15. The van der Waals surface area contributed by atoms with Crippen LogP contribution in [0.25, 0.3) is 0 Å². The fourth-order valence-corrected chi connectivity index (χ4v) is 3.13. The summed E-state index contributed by atoms with van der Waals surface area (Å²) < 4.78 is 23.5. The Labute approximate surface area is 102 Å². The molecule has 1 rings (SSSR count). The molecule has 0 saturated carbocycles. The number of hydrogen-bond acceptors (Lipinski definition) is 3. The topological polar surface area (TPSA) is 46.2 Å². The van der Waals surface area contributed by atoms with E-state index in [9.17, 15) is 8.42 Å². The highest BCUT2D eigenvalue weighted by Gasteiger charge is 2.13. The lowest BCUT2D eigenvalue weighted by Gasteiger charge is -2.05. The maximum atomic E-state index is 11.7. The predicted octanol–water partition coefficient (Wildman–Crippen LogP) is 1.86. The van der Waals surface area contributed by atoms with Gasteiger partial charge in [-0.3, -0.25) is 0 Å². The van der Waals surface area contributed by atoms with Crippen molar-refractivity contribution in [3.8, 4) is 0 Å². The van der Waals surface area contributed by atoms with E-state index in [2.05, 4.69) is 5.32 Å². The summed E-state index contributed by atoms with van der Waals surface area (Å²) in [4.78, 5) is 0. The number of hydrogen-bond donors (Lipinski definition) is 1. The van der Waals surface area contributed by atoms with Gasteiger partial charge in [0.15, 0.2) is 9.84 Å². The summed E-state index contributed by atoms with van der Waals surface area (Å²) in [6.45, 7) is 0.710. The Kier molecular flexibility index (Phi) is 5.25. The molecule has 1 aromatic rings. The van der Waals surface area contributed by atoms with E-state index in [0.29, 0.717) is 23.6 Å². The number of sulfone groups is 1. The second-order valence-electron chi connectivity index (χ2n) is 3.64. The summed E-state index contributed by atoms with van der Waals surface area (Å²) in [5.74, 6) is 0.218. The van der Waals surface area contributed by atoms with Crippen LogP contribution in [0.5, 0.6) is 0 Å². The molecular formula is C11H16ClNO2S. The predicted molar refractivity (Wildman–Crippen MR) is 67.5 cm³/mol. The number of benzene rings is 1. The Balaban J connectivity index is 2.63. The lowest BCUT2D eigenvalue weighted by atomic mass is 10.2. The molecule has 1 aromatic carbocycles. The normalized spacial score (nSPS) is 11.6. The molecule has 16 heavy (non-hydrogen) atoms. The van der Waals surface area contributed by atoms with Crippen molar-refractivity contribution in [2.45, 2.75) is 12.2 Å². The van der Waals surface area contributed by atoms with Gasteiger partial charge in [0.05, 0.1) is 11.5 Å². The van der Waals surface area contributed by atoms with Gasteiger partial charge < -0.3 is 5.32 Å². The van der Waals surface area contributed by atoms with Crippen LogP contribution < -0.4 is 5.32 Å². The molecule has 0 spiro atoms. The van der Waals surface area contributed by atoms with Gasteiger partial charge in [-0.15, -0.1) is 0 Å². The average Bonchev–Trinajstić information content (AvgIpc) is 2.21. The third-order valence-electron chi connectivity index (χ3n) is 2.22. The molecule has 0 aliphatic heterocycles. The number of nitrogens with one attached hydrogen (secondary N) is 1. The molecule has 0 unspecified atom stereocenters. The summed E-state index contributed by atoms with van der Waals surface area (Å²) >= 11 is 5.91. The van der Waals surface area contributed by atoms with Crippen molar-refractivity contribution in [1.82, 2.24) is 5.32 Å². The van der Waals surface area contributed by atoms with E-state index < -0.39 is 9.84 Å². The molecule has 0 bridgehead atoms. The van der Waals surface area contributed by atoms with Crippen LogP contribution >= 0.6 is 11.6 Å². The van der Waals surface area contributed by atoms with Crippen LogP contribution in [0, 0.1) is 0 Å². The molecule has 0 aliphatic rings. The van der Waals surface area contributed by atoms with Gasteiger partial charge >= 0.3 is 0 Å². The first-order valence-electron chi connectivity index (χ1n) is 5.13.